The first kappa shape index (κ1) is 19.2. The molecule has 10 heteroatoms. The molecule has 0 atom stereocenters. The highest BCUT2D eigenvalue weighted by Gasteiger charge is 2.13. The Hall–Kier alpha value is -4.08. The highest BCUT2D eigenvalue weighted by atomic mass is 16.5. The minimum absolute atomic E-state index is 0.0308. The molecule has 10 nitrogen and oxygen atoms in total. The molecule has 0 bridgehead atoms. The zero-order chi connectivity index (χ0) is 21.1. The number of fused-ring (bicyclic) bond motifs is 1. The fraction of sp³-hybridized carbons (Fsp3) is 0.200. The molecule has 0 saturated carbocycles. The van der Waals surface area contributed by atoms with Crippen molar-refractivity contribution in [3.8, 4) is 0 Å². The standard InChI is InChI=1S/C20H20N8O2/c1-3-28-16-9-6-13(10-15(16)26-27-28)18(29)30-11-17-23-19(21)25-20(24-17)22-14-7-4-12(2)5-8-14/h4-10H,3,11H2,1-2H3,(H3,21,22,23,24,25). The van der Waals surface area contributed by atoms with Crippen LogP contribution < -0.4 is 11.1 Å². The quantitative estimate of drug-likeness (QED) is 0.465. The number of ether oxygens (including phenoxy) is 1. The van der Waals surface area contributed by atoms with Gasteiger partial charge in [-0.25, -0.2) is 9.48 Å². The van der Waals surface area contributed by atoms with Crippen molar-refractivity contribution in [2.45, 2.75) is 27.0 Å². The van der Waals surface area contributed by atoms with Crippen LogP contribution in [0, 0.1) is 6.92 Å². The van der Waals surface area contributed by atoms with E-state index in [-0.39, 0.29) is 24.3 Å². The summed E-state index contributed by atoms with van der Waals surface area (Å²) in [4.78, 5) is 24.8. The molecule has 3 N–H and O–H groups in total. The zero-order valence-corrected chi connectivity index (χ0v) is 16.5. The second-order valence-corrected chi connectivity index (χ2v) is 6.61. The van der Waals surface area contributed by atoms with Crippen LogP contribution in [0.25, 0.3) is 11.0 Å². The third-order valence-electron chi connectivity index (χ3n) is 4.39. The van der Waals surface area contributed by atoms with E-state index in [1.807, 2.05) is 38.1 Å². The van der Waals surface area contributed by atoms with Gasteiger partial charge in [0, 0.05) is 12.2 Å². The molecule has 0 spiro atoms. The number of aryl methyl sites for hydroxylation is 2. The van der Waals surface area contributed by atoms with Crippen LogP contribution in [0.15, 0.2) is 42.5 Å². The second-order valence-electron chi connectivity index (χ2n) is 6.61. The minimum Gasteiger partial charge on any atom is -0.454 e. The van der Waals surface area contributed by atoms with Gasteiger partial charge in [-0.15, -0.1) is 5.10 Å². The van der Waals surface area contributed by atoms with Gasteiger partial charge in [-0.3, -0.25) is 0 Å². The maximum Gasteiger partial charge on any atom is 0.338 e. The first-order valence-electron chi connectivity index (χ1n) is 9.36. The van der Waals surface area contributed by atoms with Gasteiger partial charge in [0.2, 0.25) is 11.9 Å². The number of nitrogens with two attached hydrogens (primary N) is 1. The number of hydrogen-bond donors (Lipinski definition) is 2. The molecule has 0 unspecified atom stereocenters. The van der Waals surface area contributed by atoms with Gasteiger partial charge in [-0.1, -0.05) is 22.9 Å². The van der Waals surface area contributed by atoms with Gasteiger partial charge < -0.3 is 15.8 Å². The average Bonchev–Trinajstić information content (AvgIpc) is 3.15. The monoisotopic (exact) mass is 404 g/mol. The molecule has 4 rings (SSSR count). The van der Waals surface area contributed by atoms with Crippen LogP contribution in [0.3, 0.4) is 0 Å². The molecule has 2 aromatic carbocycles. The Morgan fingerprint density at radius 2 is 1.93 bits per heavy atom. The number of carbonyl (C=O) groups is 1. The van der Waals surface area contributed by atoms with E-state index in [0.29, 0.717) is 17.6 Å². The highest BCUT2D eigenvalue weighted by Crippen LogP contribution is 2.16. The van der Waals surface area contributed by atoms with Gasteiger partial charge in [-0.05, 0) is 44.2 Å². The fourth-order valence-electron chi connectivity index (χ4n) is 2.87. The number of nitrogens with one attached hydrogen (secondary N) is 1. The van der Waals surface area contributed by atoms with E-state index >= 15 is 0 Å². The van der Waals surface area contributed by atoms with Crippen LogP contribution in [0.5, 0.6) is 0 Å². The molecule has 0 aliphatic heterocycles. The topological polar surface area (TPSA) is 134 Å². The molecule has 2 heterocycles. The molecule has 0 fully saturated rings. The highest BCUT2D eigenvalue weighted by molar-refractivity contribution is 5.93. The summed E-state index contributed by atoms with van der Waals surface area (Å²) >= 11 is 0. The smallest absolute Gasteiger partial charge is 0.338 e. The number of carbonyl (C=O) groups excluding carboxylic acids is 1. The lowest BCUT2D eigenvalue weighted by Crippen LogP contribution is -2.11. The Labute approximate surface area is 172 Å². The number of aromatic nitrogens is 6. The van der Waals surface area contributed by atoms with Crippen LogP contribution in [0.1, 0.15) is 28.7 Å². The van der Waals surface area contributed by atoms with Gasteiger partial charge in [0.05, 0.1) is 11.1 Å². The summed E-state index contributed by atoms with van der Waals surface area (Å²) in [5, 5.41) is 11.2. The van der Waals surface area contributed by atoms with Crippen molar-refractivity contribution >= 4 is 34.6 Å². The first-order chi connectivity index (χ1) is 14.5. The summed E-state index contributed by atoms with van der Waals surface area (Å²) in [6.07, 6.45) is 0. The molecule has 2 aromatic heterocycles. The summed E-state index contributed by atoms with van der Waals surface area (Å²) in [6.45, 7) is 4.52. The predicted molar refractivity (Wildman–Crippen MR) is 111 cm³/mol. The number of hydrogen-bond acceptors (Lipinski definition) is 9. The van der Waals surface area contributed by atoms with Crippen molar-refractivity contribution in [1.82, 2.24) is 29.9 Å². The number of benzene rings is 2. The Balaban J connectivity index is 1.45. The lowest BCUT2D eigenvalue weighted by atomic mass is 10.2. The van der Waals surface area contributed by atoms with Gasteiger partial charge in [-0.2, -0.15) is 15.0 Å². The molecular formula is C20H20N8O2. The Bertz CT molecular complexity index is 1200. The normalized spacial score (nSPS) is 10.9. The van der Waals surface area contributed by atoms with Crippen molar-refractivity contribution < 1.29 is 9.53 Å². The predicted octanol–water partition coefficient (Wildman–Crippen LogP) is 2.63. The third-order valence-corrected chi connectivity index (χ3v) is 4.39. The van der Waals surface area contributed by atoms with E-state index in [9.17, 15) is 4.79 Å². The van der Waals surface area contributed by atoms with Crippen LogP contribution in [0.4, 0.5) is 17.6 Å². The number of anilines is 3. The fourth-order valence-corrected chi connectivity index (χ4v) is 2.87. The average molecular weight is 404 g/mol. The van der Waals surface area contributed by atoms with Crippen LogP contribution >= 0.6 is 0 Å². The third kappa shape index (κ3) is 4.17. The van der Waals surface area contributed by atoms with E-state index in [4.69, 9.17) is 10.5 Å². The molecule has 0 amide bonds. The lowest BCUT2D eigenvalue weighted by molar-refractivity contribution is 0.0462. The molecular weight excluding hydrogens is 384 g/mol. The van der Waals surface area contributed by atoms with Gasteiger partial charge >= 0.3 is 5.97 Å². The van der Waals surface area contributed by atoms with Crippen LogP contribution in [-0.2, 0) is 17.9 Å². The summed E-state index contributed by atoms with van der Waals surface area (Å²) in [5.41, 5.74) is 9.56. The molecule has 0 aliphatic carbocycles. The van der Waals surface area contributed by atoms with Gasteiger partial charge in [0.15, 0.2) is 12.4 Å². The summed E-state index contributed by atoms with van der Waals surface area (Å²) in [6, 6.07) is 12.8. The summed E-state index contributed by atoms with van der Waals surface area (Å²) < 4.78 is 7.09. The lowest BCUT2D eigenvalue weighted by Gasteiger charge is -2.08. The van der Waals surface area contributed by atoms with E-state index in [0.717, 1.165) is 16.8 Å². The maximum absolute atomic E-state index is 12.4. The van der Waals surface area contributed by atoms with E-state index in [1.165, 1.54) is 0 Å². The first-order valence-corrected chi connectivity index (χ1v) is 9.36. The molecule has 152 valence electrons. The summed E-state index contributed by atoms with van der Waals surface area (Å²) in [7, 11) is 0. The van der Waals surface area contributed by atoms with Crippen molar-refractivity contribution in [2.24, 2.45) is 0 Å². The van der Waals surface area contributed by atoms with E-state index < -0.39 is 5.97 Å². The van der Waals surface area contributed by atoms with Crippen molar-refractivity contribution in [2.75, 3.05) is 11.1 Å². The van der Waals surface area contributed by atoms with Crippen LogP contribution in [0.2, 0.25) is 0 Å². The largest absolute Gasteiger partial charge is 0.454 e. The molecule has 0 saturated heterocycles. The molecule has 30 heavy (non-hydrogen) atoms. The number of esters is 1. The van der Waals surface area contributed by atoms with Crippen molar-refractivity contribution in [3.05, 3.63) is 59.4 Å². The SMILES string of the molecule is CCn1nnc2cc(C(=O)OCc3nc(N)nc(Nc4ccc(C)cc4)n3)ccc21. The molecule has 0 aliphatic rings. The van der Waals surface area contributed by atoms with E-state index in [2.05, 4.69) is 30.6 Å². The van der Waals surface area contributed by atoms with Gasteiger partial charge in [0.1, 0.15) is 5.52 Å². The number of nitrogens with zero attached hydrogens (tertiary/aromatic N) is 6. The Morgan fingerprint density at radius 1 is 1.13 bits per heavy atom. The maximum atomic E-state index is 12.4. The van der Waals surface area contributed by atoms with Gasteiger partial charge in [0.25, 0.3) is 0 Å². The Morgan fingerprint density at radius 3 is 2.70 bits per heavy atom. The molecule has 4 aromatic rings. The van der Waals surface area contributed by atoms with E-state index in [1.54, 1.807) is 22.9 Å². The molecule has 0 radical (unpaired) electrons. The van der Waals surface area contributed by atoms with Crippen molar-refractivity contribution in [1.29, 1.82) is 0 Å². The number of rotatable bonds is 6. The zero-order valence-electron chi connectivity index (χ0n) is 16.5. The second kappa shape index (κ2) is 8.11. The minimum atomic E-state index is -0.519. The van der Waals surface area contributed by atoms with Crippen LogP contribution in [-0.4, -0.2) is 35.9 Å². The number of nitrogen functional groups attached to an aromatic ring is 1. The van der Waals surface area contributed by atoms with Crippen molar-refractivity contribution in [3.63, 3.8) is 0 Å². The summed E-state index contributed by atoms with van der Waals surface area (Å²) in [5.74, 6) is 0.0247. The Kier molecular flexibility index (Phi) is 5.21.